The summed E-state index contributed by atoms with van der Waals surface area (Å²) in [6.07, 6.45) is 0.818. The molecule has 1 atom stereocenters. The maximum atomic E-state index is 12.2. The molecule has 2 aromatic rings. The molecule has 0 spiro atoms. The van der Waals surface area contributed by atoms with Crippen LogP contribution in [-0.4, -0.2) is 6.03 Å². The summed E-state index contributed by atoms with van der Waals surface area (Å²) in [5.41, 5.74) is 2.69. The van der Waals surface area contributed by atoms with Gasteiger partial charge >= 0.3 is 6.03 Å². The molecule has 110 valence electrons. The zero-order valence-corrected chi connectivity index (χ0v) is 12.8. The van der Waals surface area contributed by atoms with Crippen molar-refractivity contribution in [3.05, 3.63) is 65.7 Å². The number of carbonyl (C=O) groups excluding carboxylic acids is 1. The van der Waals surface area contributed by atoms with Crippen molar-refractivity contribution in [3.63, 3.8) is 0 Å². The monoisotopic (exact) mass is 282 g/mol. The Morgan fingerprint density at radius 3 is 2.24 bits per heavy atom. The number of nitrogens with one attached hydrogen (secondary N) is 2. The number of urea groups is 1. The first-order chi connectivity index (χ1) is 10.0. The Bertz CT molecular complexity index is 592. The van der Waals surface area contributed by atoms with E-state index in [4.69, 9.17) is 0 Å². The molecule has 2 rings (SSSR count). The van der Waals surface area contributed by atoms with E-state index in [0.29, 0.717) is 0 Å². The summed E-state index contributed by atoms with van der Waals surface area (Å²) >= 11 is 0. The average molecular weight is 282 g/mol. The van der Waals surface area contributed by atoms with Gasteiger partial charge in [-0.3, -0.25) is 0 Å². The molecule has 0 heterocycles. The Labute approximate surface area is 126 Å². The van der Waals surface area contributed by atoms with Gasteiger partial charge in [0.2, 0.25) is 0 Å². The number of hydrogen-bond acceptors (Lipinski definition) is 1. The van der Waals surface area contributed by atoms with Gasteiger partial charge in [-0.05, 0) is 38.0 Å². The lowest BCUT2D eigenvalue weighted by molar-refractivity contribution is 0.238. The standard InChI is InChI=1S/C18H22N2O/c1-4-18(3,15-8-6-5-7-9-15)20-17(21)19-16-12-10-14(2)11-13-16/h5-13H,4H2,1-3H3,(H2,19,20,21). The van der Waals surface area contributed by atoms with Gasteiger partial charge in [0, 0.05) is 5.69 Å². The van der Waals surface area contributed by atoms with Crippen molar-refractivity contribution in [1.29, 1.82) is 0 Å². The van der Waals surface area contributed by atoms with Crippen LogP contribution in [0.25, 0.3) is 0 Å². The molecule has 0 bridgehead atoms. The van der Waals surface area contributed by atoms with Gasteiger partial charge in [-0.1, -0.05) is 55.0 Å². The van der Waals surface area contributed by atoms with E-state index < -0.39 is 0 Å². The van der Waals surface area contributed by atoms with E-state index >= 15 is 0 Å². The number of amides is 2. The topological polar surface area (TPSA) is 41.1 Å². The summed E-state index contributed by atoms with van der Waals surface area (Å²) < 4.78 is 0. The number of benzene rings is 2. The van der Waals surface area contributed by atoms with Gasteiger partial charge < -0.3 is 10.6 Å². The van der Waals surface area contributed by atoms with Gasteiger partial charge in [0.25, 0.3) is 0 Å². The van der Waals surface area contributed by atoms with Crippen molar-refractivity contribution in [2.24, 2.45) is 0 Å². The number of anilines is 1. The zero-order valence-electron chi connectivity index (χ0n) is 12.8. The van der Waals surface area contributed by atoms with Crippen molar-refractivity contribution in [2.75, 3.05) is 5.32 Å². The molecule has 3 heteroatoms. The molecule has 2 N–H and O–H groups in total. The second kappa shape index (κ2) is 6.44. The minimum absolute atomic E-state index is 0.188. The van der Waals surface area contributed by atoms with Gasteiger partial charge in [-0.15, -0.1) is 0 Å². The average Bonchev–Trinajstić information content (AvgIpc) is 2.50. The van der Waals surface area contributed by atoms with E-state index in [1.807, 2.05) is 68.4 Å². The van der Waals surface area contributed by atoms with E-state index in [1.54, 1.807) is 0 Å². The Morgan fingerprint density at radius 2 is 1.67 bits per heavy atom. The second-order valence-corrected chi connectivity index (χ2v) is 5.50. The molecule has 0 aromatic heterocycles. The number of rotatable bonds is 4. The SMILES string of the molecule is CCC(C)(NC(=O)Nc1ccc(C)cc1)c1ccccc1. The van der Waals surface area contributed by atoms with E-state index in [0.717, 1.165) is 17.7 Å². The second-order valence-electron chi connectivity index (χ2n) is 5.50. The highest BCUT2D eigenvalue weighted by molar-refractivity contribution is 5.89. The van der Waals surface area contributed by atoms with Gasteiger partial charge in [-0.2, -0.15) is 0 Å². The third kappa shape index (κ3) is 3.85. The smallest absolute Gasteiger partial charge is 0.319 e. The number of carbonyl (C=O) groups is 1. The Morgan fingerprint density at radius 1 is 1.05 bits per heavy atom. The molecule has 0 saturated carbocycles. The first kappa shape index (κ1) is 15.1. The van der Waals surface area contributed by atoms with Gasteiger partial charge in [0.1, 0.15) is 0 Å². The molecule has 2 aromatic carbocycles. The fraction of sp³-hybridized carbons (Fsp3) is 0.278. The van der Waals surface area contributed by atoms with Crippen LogP contribution in [0.1, 0.15) is 31.4 Å². The molecule has 0 aliphatic heterocycles. The van der Waals surface area contributed by atoms with Crippen LogP contribution in [-0.2, 0) is 5.54 Å². The Hall–Kier alpha value is -2.29. The fourth-order valence-corrected chi connectivity index (χ4v) is 2.22. The third-order valence-corrected chi connectivity index (χ3v) is 3.82. The molecular weight excluding hydrogens is 260 g/mol. The lowest BCUT2D eigenvalue weighted by Gasteiger charge is -2.30. The first-order valence-electron chi connectivity index (χ1n) is 7.25. The van der Waals surface area contributed by atoms with Crippen LogP contribution >= 0.6 is 0 Å². The Kier molecular flexibility index (Phi) is 4.63. The molecular formula is C18H22N2O. The molecule has 3 nitrogen and oxygen atoms in total. The van der Waals surface area contributed by atoms with Crippen molar-refractivity contribution < 1.29 is 4.79 Å². The summed E-state index contributed by atoms with van der Waals surface area (Å²) in [6.45, 7) is 6.13. The quantitative estimate of drug-likeness (QED) is 0.855. The molecule has 2 amide bonds. The Balaban J connectivity index is 2.08. The molecule has 0 fully saturated rings. The maximum absolute atomic E-state index is 12.2. The molecule has 1 unspecified atom stereocenters. The van der Waals surface area contributed by atoms with Gasteiger partial charge in [0.05, 0.1) is 5.54 Å². The van der Waals surface area contributed by atoms with Crippen LogP contribution in [0.5, 0.6) is 0 Å². The molecule has 0 radical (unpaired) electrons. The van der Waals surface area contributed by atoms with E-state index in [1.165, 1.54) is 5.56 Å². The van der Waals surface area contributed by atoms with Gasteiger partial charge in [0.15, 0.2) is 0 Å². The van der Waals surface area contributed by atoms with Crippen LogP contribution in [0.3, 0.4) is 0 Å². The van der Waals surface area contributed by atoms with Crippen molar-refractivity contribution >= 4 is 11.7 Å². The van der Waals surface area contributed by atoms with Crippen molar-refractivity contribution in [1.82, 2.24) is 5.32 Å². The third-order valence-electron chi connectivity index (χ3n) is 3.82. The van der Waals surface area contributed by atoms with Crippen LogP contribution in [0.15, 0.2) is 54.6 Å². The zero-order chi connectivity index (χ0) is 15.3. The first-order valence-corrected chi connectivity index (χ1v) is 7.25. The number of aryl methyl sites for hydroxylation is 1. The fourth-order valence-electron chi connectivity index (χ4n) is 2.22. The van der Waals surface area contributed by atoms with Crippen LogP contribution in [0, 0.1) is 6.92 Å². The van der Waals surface area contributed by atoms with E-state index in [9.17, 15) is 4.79 Å². The lowest BCUT2D eigenvalue weighted by Crippen LogP contribution is -2.45. The highest BCUT2D eigenvalue weighted by Crippen LogP contribution is 2.24. The van der Waals surface area contributed by atoms with Crippen molar-refractivity contribution in [2.45, 2.75) is 32.7 Å². The minimum atomic E-state index is -0.379. The molecule has 0 saturated heterocycles. The van der Waals surface area contributed by atoms with E-state index in [2.05, 4.69) is 17.6 Å². The number of hydrogen-bond donors (Lipinski definition) is 2. The van der Waals surface area contributed by atoms with Gasteiger partial charge in [-0.25, -0.2) is 4.79 Å². The highest BCUT2D eigenvalue weighted by atomic mass is 16.2. The summed E-state index contributed by atoms with van der Waals surface area (Å²) in [5, 5.41) is 5.95. The minimum Gasteiger partial charge on any atom is -0.329 e. The van der Waals surface area contributed by atoms with Crippen LogP contribution in [0.4, 0.5) is 10.5 Å². The summed E-state index contributed by atoms with van der Waals surface area (Å²) in [7, 11) is 0. The predicted molar refractivity (Wildman–Crippen MR) is 87.4 cm³/mol. The predicted octanol–water partition coefficient (Wildman–Crippen LogP) is 4.44. The highest BCUT2D eigenvalue weighted by Gasteiger charge is 2.26. The summed E-state index contributed by atoms with van der Waals surface area (Å²) in [5.74, 6) is 0. The summed E-state index contributed by atoms with van der Waals surface area (Å²) in [6, 6.07) is 17.6. The molecule has 0 aliphatic rings. The summed E-state index contributed by atoms with van der Waals surface area (Å²) in [4.78, 5) is 12.2. The van der Waals surface area contributed by atoms with E-state index in [-0.39, 0.29) is 11.6 Å². The normalized spacial score (nSPS) is 13.3. The van der Waals surface area contributed by atoms with Crippen molar-refractivity contribution in [3.8, 4) is 0 Å². The lowest BCUT2D eigenvalue weighted by atomic mass is 9.89. The molecule has 0 aliphatic carbocycles. The largest absolute Gasteiger partial charge is 0.329 e. The van der Waals surface area contributed by atoms with Crippen LogP contribution < -0.4 is 10.6 Å². The maximum Gasteiger partial charge on any atom is 0.319 e. The van der Waals surface area contributed by atoms with Crippen LogP contribution in [0.2, 0.25) is 0 Å². The molecule has 21 heavy (non-hydrogen) atoms.